The van der Waals surface area contributed by atoms with Gasteiger partial charge >= 0.3 is 0 Å². The van der Waals surface area contributed by atoms with Crippen molar-refractivity contribution in [3.63, 3.8) is 0 Å². The molecule has 2 atom stereocenters. The van der Waals surface area contributed by atoms with Gasteiger partial charge in [-0.25, -0.2) is 0 Å². The number of methoxy groups -OCH3 is 1. The Kier molecular flexibility index (Phi) is 9.93. The number of carbonyl (C=O) groups is 5. The molecule has 284 valence electrons. The number of fused-ring (bicyclic) bond motifs is 2. The summed E-state index contributed by atoms with van der Waals surface area (Å²) in [6.07, 6.45) is 0. The van der Waals surface area contributed by atoms with Gasteiger partial charge in [-0.3, -0.25) is 24.0 Å². The quantitative estimate of drug-likeness (QED) is 0.103. The summed E-state index contributed by atoms with van der Waals surface area (Å²) in [5.74, 6) is -2.94. The Bertz CT molecular complexity index is 1710. The molecule has 1 aromatic carbocycles. The monoisotopic (exact) mass is 720 g/mol. The van der Waals surface area contributed by atoms with Crippen LogP contribution >= 0.6 is 0 Å². The molecule has 0 N–H and O–H groups in total. The molecule has 4 aliphatic rings. The molecule has 0 spiro atoms. The van der Waals surface area contributed by atoms with E-state index >= 15 is 0 Å². The van der Waals surface area contributed by atoms with E-state index in [0.29, 0.717) is 34.6 Å². The number of hydrogen-bond acceptors (Lipinski definition) is 10. The van der Waals surface area contributed by atoms with Gasteiger partial charge in [0, 0.05) is 47.1 Å². The molecule has 1 aromatic rings. The molecular formula is C42H56O10. The SMILES string of the molecule is COCCOCOc1c2c(c(C(=O)C(C)C)c3c1[C@@H](C(C)C)C1=C(O3)C(C)(C)C(=O)C(C)(C)C1=O)OC1=C(C(=O)C(C)(C)C(=O)C1(C)C)[C@H]2C(C)C. The van der Waals surface area contributed by atoms with E-state index in [0.717, 1.165) is 0 Å². The van der Waals surface area contributed by atoms with Crippen LogP contribution in [0.5, 0.6) is 17.2 Å². The van der Waals surface area contributed by atoms with E-state index in [1.54, 1.807) is 76.3 Å². The topological polar surface area (TPSA) is 132 Å². The molecule has 0 amide bonds. The largest absolute Gasteiger partial charge is 0.467 e. The number of ether oxygens (including phenoxy) is 5. The third-order valence-electron chi connectivity index (χ3n) is 11.4. The van der Waals surface area contributed by atoms with Gasteiger partial charge in [-0.05, 0) is 67.2 Å². The molecule has 0 radical (unpaired) electrons. The molecule has 0 saturated carbocycles. The van der Waals surface area contributed by atoms with Crippen LogP contribution in [-0.4, -0.2) is 56.0 Å². The maximum atomic E-state index is 14.7. The zero-order chi connectivity index (χ0) is 39.2. The molecule has 2 heterocycles. The van der Waals surface area contributed by atoms with Gasteiger partial charge in [0.1, 0.15) is 34.3 Å². The van der Waals surface area contributed by atoms with Crippen molar-refractivity contribution >= 4 is 28.9 Å². The summed E-state index contributed by atoms with van der Waals surface area (Å²) in [4.78, 5) is 71.7. The van der Waals surface area contributed by atoms with E-state index < -0.39 is 39.4 Å². The lowest BCUT2D eigenvalue weighted by Crippen LogP contribution is -2.52. The van der Waals surface area contributed by atoms with E-state index in [1.165, 1.54) is 0 Å². The molecule has 10 heteroatoms. The van der Waals surface area contributed by atoms with Gasteiger partial charge in [-0.15, -0.1) is 0 Å². The highest BCUT2D eigenvalue weighted by Crippen LogP contribution is 2.64. The highest BCUT2D eigenvalue weighted by Gasteiger charge is 2.61. The zero-order valence-corrected chi connectivity index (χ0v) is 33.6. The third kappa shape index (κ3) is 5.53. The third-order valence-corrected chi connectivity index (χ3v) is 11.4. The maximum Gasteiger partial charge on any atom is 0.189 e. The Balaban J connectivity index is 1.98. The van der Waals surface area contributed by atoms with Crippen molar-refractivity contribution in [2.24, 2.45) is 39.4 Å². The van der Waals surface area contributed by atoms with E-state index in [9.17, 15) is 24.0 Å². The van der Waals surface area contributed by atoms with Crippen molar-refractivity contribution in [3.05, 3.63) is 39.4 Å². The first-order valence-electron chi connectivity index (χ1n) is 18.4. The fourth-order valence-corrected chi connectivity index (χ4v) is 8.75. The second-order valence-corrected chi connectivity index (χ2v) is 17.8. The highest BCUT2D eigenvalue weighted by molar-refractivity contribution is 6.21. The number of benzene rings is 1. The standard InChI is InChI=1S/C42H56O10/c1-19(2)22-24-30(50-18-49-17-16-48-15)25-23(20(3)4)27-34(45)40(9,10)38(47)42(13,14)36(27)52-32(25)28(29(43)21(5)6)31(24)51-35-26(22)33(44)39(7,8)37(46)41(35,11)12/h19-23H,16-18H2,1-15H3/t22-,23+. The molecular weight excluding hydrogens is 664 g/mol. The van der Waals surface area contributed by atoms with E-state index in [1.807, 2.05) is 27.7 Å². The Morgan fingerprint density at radius 1 is 0.654 bits per heavy atom. The Morgan fingerprint density at radius 3 is 1.40 bits per heavy atom. The van der Waals surface area contributed by atoms with Crippen LogP contribution in [0.15, 0.2) is 22.7 Å². The first-order valence-corrected chi connectivity index (χ1v) is 18.4. The summed E-state index contributed by atoms with van der Waals surface area (Å²) >= 11 is 0. The molecule has 0 fully saturated rings. The van der Waals surface area contributed by atoms with Gasteiger partial charge < -0.3 is 23.7 Å². The fraction of sp³-hybridized carbons (Fsp3) is 0.643. The average molecular weight is 721 g/mol. The molecule has 2 aliphatic heterocycles. The van der Waals surface area contributed by atoms with Gasteiger partial charge in [0.25, 0.3) is 0 Å². The van der Waals surface area contributed by atoms with Crippen molar-refractivity contribution in [3.8, 4) is 17.2 Å². The molecule has 0 bridgehead atoms. The van der Waals surface area contributed by atoms with Crippen LogP contribution in [0.3, 0.4) is 0 Å². The van der Waals surface area contributed by atoms with Gasteiger partial charge in [-0.2, -0.15) is 0 Å². The second-order valence-electron chi connectivity index (χ2n) is 17.8. The van der Waals surface area contributed by atoms with Crippen LogP contribution in [0.25, 0.3) is 0 Å². The minimum Gasteiger partial charge on any atom is -0.467 e. The van der Waals surface area contributed by atoms with Gasteiger partial charge in [0.2, 0.25) is 0 Å². The number of allylic oxidation sites excluding steroid dienone is 4. The maximum absolute atomic E-state index is 14.7. The smallest absolute Gasteiger partial charge is 0.189 e. The number of Topliss-reactive ketones (excluding diaryl/α,β-unsaturated/α-hetero) is 5. The normalized spacial score (nSPS) is 24.0. The fourth-order valence-electron chi connectivity index (χ4n) is 8.75. The predicted octanol–water partition coefficient (Wildman–Crippen LogP) is 7.71. The predicted molar refractivity (Wildman–Crippen MR) is 195 cm³/mol. The van der Waals surface area contributed by atoms with Crippen LogP contribution in [0.1, 0.15) is 130 Å². The molecule has 5 rings (SSSR count). The van der Waals surface area contributed by atoms with E-state index in [2.05, 4.69) is 0 Å². The summed E-state index contributed by atoms with van der Waals surface area (Å²) in [5, 5.41) is 0. The molecule has 0 saturated heterocycles. The number of ketones is 5. The van der Waals surface area contributed by atoms with Crippen LogP contribution in [0.2, 0.25) is 0 Å². The Labute approximate surface area is 308 Å². The van der Waals surface area contributed by atoms with Crippen LogP contribution < -0.4 is 14.2 Å². The lowest BCUT2D eigenvalue weighted by molar-refractivity contribution is -0.146. The summed E-state index contributed by atoms with van der Waals surface area (Å²) in [7, 11) is 1.57. The molecule has 2 aliphatic carbocycles. The van der Waals surface area contributed by atoms with Crippen molar-refractivity contribution in [2.45, 2.75) is 109 Å². The second kappa shape index (κ2) is 13.0. The van der Waals surface area contributed by atoms with E-state index in [4.69, 9.17) is 23.7 Å². The van der Waals surface area contributed by atoms with Crippen molar-refractivity contribution < 1.29 is 47.7 Å². The summed E-state index contributed by atoms with van der Waals surface area (Å²) in [6, 6.07) is 0. The number of hydrogen-bond donors (Lipinski definition) is 0. The van der Waals surface area contributed by atoms with Crippen molar-refractivity contribution in [2.75, 3.05) is 27.1 Å². The first kappa shape index (κ1) is 39.6. The van der Waals surface area contributed by atoms with Gasteiger partial charge in [0.05, 0.1) is 34.9 Å². The molecule has 0 aromatic heterocycles. The molecule has 52 heavy (non-hydrogen) atoms. The van der Waals surface area contributed by atoms with Gasteiger partial charge in [-0.1, -0.05) is 41.5 Å². The lowest BCUT2D eigenvalue weighted by atomic mass is 9.58. The highest BCUT2D eigenvalue weighted by atomic mass is 16.7. The van der Waals surface area contributed by atoms with Crippen LogP contribution in [0, 0.1) is 39.4 Å². The van der Waals surface area contributed by atoms with Gasteiger partial charge in [0.15, 0.2) is 35.7 Å². The number of carbonyl (C=O) groups excluding carboxylic acids is 5. The zero-order valence-electron chi connectivity index (χ0n) is 33.6. The number of rotatable bonds is 10. The Morgan fingerprint density at radius 2 is 1.06 bits per heavy atom. The van der Waals surface area contributed by atoms with Crippen LogP contribution in [-0.2, 0) is 28.7 Å². The molecule has 10 nitrogen and oxygen atoms in total. The molecule has 0 unspecified atom stereocenters. The van der Waals surface area contributed by atoms with Crippen LogP contribution in [0.4, 0.5) is 0 Å². The minimum atomic E-state index is -1.34. The summed E-state index contributed by atoms with van der Waals surface area (Å²) < 4.78 is 31.3. The van der Waals surface area contributed by atoms with Crippen molar-refractivity contribution in [1.82, 2.24) is 0 Å². The average Bonchev–Trinajstić information content (AvgIpc) is 3.06. The van der Waals surface area contributed by atoms with Crippen molar-refractivity contribution in [1.29, 1.82) is 0 Å². The lowest BCUT2D eigenvalue weighted by Gasteiger charge is -2.48. The summed E-state index contributed by atoms with van der Waals surface area (Å²) in [6.45, 7) is 25.4. The Hall–Kier alpha value is -3.63. The minimum absolute atomic E-state index is 0.128. The summed E-state index contributed by atoms with van der Waals surface area (Å²) in [5.41, 5.74) is -3.32. The first-order chi connectivity index (χ1) is 23.9. The van der Waals surface area contributed by atoms with E-state index in [-0.39, 0.29) is 82.7 Å².